The van der Waals surface area contributed by atoms with Crippen LogP contribution in [0, 0.1) is 19.8 Å². The third-order valence-electron chi connectivity index (χ3n) is 4.77. The molecule has 1 fully saturated rings. The molecule has 0 unspecified atom stereocenters. The highest BCUT2D eigenvalue weighted by Gasteiger charge is 2.30. The van der Waals surface area contributed by atoms with Crippen molar-refractivity contribution >= 4 is 11.8 Å². The highest BCUT2D eigenvalue weighted by Crippen LogP contribution is 2.20. The highest BCUT2D eigenvalue weighted by atomic mass is 16.2. The third-order valence-corrected chi connectivity index (χ3v) is 4.77. The predicted octanol–water partition coefficient (Wildman–Crippen LogP) is 1.67. The number of piperidine rings is 1. The maximum Gasteiger partial charge on any atom is 0.317 e. The molecule has 2 aromatic rings. The molecule has 2 amide bonds. The smallest absolute Gasteiger partial charge is 0.317 e. The second-order valence-corrected chi connectivity index (χ2v) is 7.06. The van der Waals surface area contributed by atoms with E-state index in [-0.39, 0.29) is 17.7 Å². The van der Waals surface area contributed by atoms with E-state index in [9.17, 15) is 9.59 Å². The molecule has 8 heteroatoms. The molecule has 0 aliphatic carbocycles. The molecular weight excluding hydrogens is 344 g/mol. The summed E-state index contributed by atoms with van der Waals surface area (Å²) in [4.78, 5) is 39.8. The van der Waals surface area contributed by atoms with Gasteiger partial charge in [0, 0.05) is 62.8 Å². The Morgan fingerprint density at radius 2 is 2.00 bits per heavy atom. The standard InChI is InChI=1S/C19H26N6O2/c1-13-11-14(2)23-16(22-13)6-7-21-19(27)25-9-4-5-15(12-25)17(26)18-20-8-10-24(18)3/h8,10-11,15H,4-7,9,12H2,1-3H3,(H,21,27)/t15-/m0/s1. The first-order chi connectivity index (χ1) is 12.9. The fraction of sp³-hybridized carbons (Fsp3) is 0.526. The lowest BCUT2D eigenvalue weighted by molar-refractivity contribution is 0.0832. The fourth-order valence-corrected chi connectivity index (χ4v) is 3.47. The minimum Gasteiger partial charge on any atom is -0.338 e. The Hall–Kier alpha value is -2.77. The lowest BCUT2D eigenvalue weighted by Gasteiger charge is -2.31. The first kappa shape index (κ1) is 19.0. The Labute approximate surface area is 159 Å². The van der Waals surface area contributed by atoms with Crippen LogP contribution in [0.3, 0.4) is 0 Å². The third kappa shape index (κ3) is 4.69. The molecule has 0 radical (unpaired) electrons. The minimum absolute atomic E-state index is 0.00337. The van der Waals surface area contributed by atoms with Crippen molar-refractivity contribution in [2.24, 2.45) is 13.0 Å². The van der Waals surface area contributed by atoms with Gasteiger partial charge in [0.1, 0.15) is 5.82 Å². The summed E-state index contributed by atoms with van der Waals surface area (Å²) in [6.07, 6.45) is 5.56. The summed E-state index contributed by atoms with van der Waals surface area (Å²) in [6.45, 7) is 5.43. The number of hydrogen-bond donors (Lipinski definition) is 1. The number of likely N-dealkylation sites (tertiary alicyclic amines) is 1. The van der Waals surface area contributed by atoms with Crippen molar-refractivity contribution < 1.29 is 9.59 Å². The van der Waals surface area contributed by atoms with Crippen LogP contribution in [-0.2, 0) is 13.5 Å². The van der Waals surface area contributed by atoms with Crippen LogP contribution in [0.25, 0.3) is 0 Å². The molecule has 27 heavy (non-hydrogen) atoms. The number of urea groups is 1. The van der Waals surface area contributed by atoms with E-state index >= 15 is 0 Å². The maximum absolute atomic E-state index is 12.7. The number of hydrogen-bond acceptors (Lipinski definition) is 5. The van der Waals surface area contributed by atoms with Gasteiger partial charge in [-0.25, -0.2) is 19.7 Å². The van der Waals surface area contributed by atoms with Crippen molar-refractivity contribution in [1.29, 1.82) is 0 Å². The number of aromatic nitrogens is 4. The number of carbonyl (C=O) groups excluding carboxylic acids is 2. The molecule has 1 aliphatic rings. The fourth-order valence-electron chi connectivity index (χ4n) is 3.47. The average molecular weight is 370 g/mol. The van der Waals surface area contributed by atoms with Crippen LogP contribution in [0.1, 0.15) is 40.7 Å². The number of rotatable bonds is 5. The quantitative estimate of drug-likeness (QED) is 0.808. The van der Waals surface area contributed by atoms with Gasteiger partial charge in [0.15, 0.2) is 5.82 Å². The Balaban J connectivity index is 1.52. The number of ketones is 1. The zero-order chi connectivity index (χ0) is 19.4. The second-order valence-electron chi connectivity index (χ2n) is 7.06. The Morgan fingerprint density at radius 1 is 1.26 bits per heavy atom. The van der Waals surface area contributed by atoms with Gasteiger partial charge in [0.05, 0.1) is 0 Å². The molecule has 1 N–H and O–H groups in total. The van der Waals surface area contributed by atoms with Crippen molar-refractivity contribution in [3.63, 3.8) is 0 Å². The minimum atomic E-state index is -0.201. The molecule has 1 aliphatic heterocycles. The SMILES string of the molecule is Cc1cc(C)nc(CCNC(=O)N2CCC[C@H](C(=O)c3nccn3C)C2)n1. The van der Waals surface area contributed by atoms with E-state index in [1.807, 2.05) is 27.0 Å². The van der Waals surface area contributed by atoms with Crippen LogP contribution in [0.15, 0.2) is 18.5 Å². The van der Waals surface area contributed by atoms with Gasteiger partial charge in [-0.2, -0.15) is 0 Å². The van der Waals surface area contributed by atoms with E-state index < -0.39 is 0 Å². The van der Waals surface area contributed by atoms with Gasteiger partial charge in [-0.3, -0.25) is 4.79 Å². The molecule has 1 saturated heterocycles. The normalized spacial score (nSPS) is 17.0. The summed E-state index contributed by atoms with van der Waals surface area (Å²) in [5.41, 5.74) is 1.85. The van der Waals surface area contributed by atoms with Crippen LogP contribution >= 0.6 is 0 Å². The molecule has 3 heterocycles. The molecule has 0 spiro atoms. The van der Waals surface area contributed by atoms with Crippen LogP contribution in [0.2, 0.25) is 0 Å². The number of Topliss-reactive ketones (excluding diaryl/α,β-unsaturated/α-hetero) is 1. The van der Waals surface area contributed by atoms with Gasteiger partial charge < -0.3 is 14.8 Å². The molecule has 0 bridgehead atoms. The summed E-state index contributed by atoms with van der Waals surface area (Å²) in [7, 11) is 1.81. The zero-order valence-corrected chi connectivity index (χ0v) is 16.1. The molecule has 2 aromatic heterocycles. The lowest BCUT2D eigenvalue weighted by atomic mass is 9.93. The van der Waals surface area contributed by atoms with E-state index in [2.05, 4.69) is 20.3 Å². The number of imidazole rings is 1. The second kappa shape index (κ2) is 8.28. The largest absolute Gasteiger partial charge is 0.338 e. The Bertz CT molecular complexity index is 811. The lowest BCUT2D eigenvalue weighted by Crippen LogP contribution is -2.47. The van der Waals surface area contributed by atoms with Gasteiger partial charge in [-0.15, -0.1) is 0 Å². The van der Waals surface area contributed by atoms with Crippen molar-refractivity contribution in [3.05, 3.63) is 41.5 Å². The summed E-state index contributed by atoms with van der Waals surface area (Å²) in [5, 5.41) is 2.92. The highest BCUT2D eigenvalue weighted by molar-refractivity contribution is 5.95. The average Bonchev–Trinajstić information content (AvgIpc) is 3.06. The van der Waals surface area contributed by atoms with Crippen LogP contribution in [0.4, 0.5) is 4.79 Å². The van der Waals surface area contributed by atoms with E-state index in [0.717, 1.165) is 30.1 Å². The predicted molar refractivity (Wildman–Crippen MR) is 100 cm³/mol. The van der Waals surface area contributed by atoms with Gasteiger partial charge >= 0.3 is 6.03 Å². The number of nitrogens with one attached hydrogen (secondary N) is 1. The maximum atomic E-state index is 12.7. The molecular formula is C19H26N6O2. The van der Waals surface area contributed by atoms with Crippen molar-refractivity contribution in [2.45, 2.75) is 33.1 Å². The Kier molecular flexibility index (Phi) is 5.83. The van der Waals surface area contributed by atoms with Crippen molar-refractivity contribution in [3.8, 4) is 0 Å². The summed E-state index contributed by atoms with van der Waals surface area (Å²) >= 11 is 0. The van der Waals surface area contributed by atoms with Crippen LogP contribution in [0.5, 0.6) is 0 Å². The molecule has 0 saturated carbocycles. The molecule has 1 atom stereocenters. The van der Waals surface area contributed by atoms with Crippen LogP contribution < -0.4 is 5.32 Å². The first-order valence-corrected chi connectivity index (χ1v) is 9.29. The molecule has 3 rings (SSSR count). The van der Waals surface area contributed by atoms with E-state index in [0.29, 0.717) is 31.9 Å². The zero-order valence-electron chi connectivity index (χ0n) is 16.1. The van der Waals surface area contributed by atoms with E-state index in [1.54, 1.807) is 21.9 Å². The van der Waals surface area contributed by atoms with E-state index in [1.165, 1.54) is 0 Å². The van der Waals surface area contributed by atoms with E-state index in [4.69, 9.17) is 0 Å². The van der Waals surface area contributed by atoms with Crippen LogP contribution in [-0.4, -0.2) is 55.9 Å². The summed E-state index contributed by atoms with van der Waals surface area (Å²) < 4.78 is 1.73. The van der Waals surface area contributed by atoms with Gasteiger partial charge in [-0.05, 0) is 32.8 Å². The molecule has 8 nitrogen and oxygen atoms in total. The number of amides is 2. The number of nitrogens with zero attached hydrogens (tertiary/aromatic N) is 5. The van der Waals surface area contributed by atoms with Crippen molar-refractivity contribution in [2.75, 3.05) is 19.6 Å². The van der Waals surface area contributed by atoms with Gasteiger partial charge in [0.25, 0.3) is 0 Å². The topological polar surface area (TPSA) is 93.0 Å². The van der Waals surface area contributed by atoms with Gasteiger partial charge in [0.2, 0.25) is 5.78 Å². The number of carbonyl (C=O) groups is 2. The number of aryl methyl sites for hydroxylation is 3. The molecule has 0 aromatic carbocycles. The van der Waals surface area contributed by atoms with Crippen molar-refractivity contribution in [1.82, 2.24) is 29.7 Å². The summed E-state index contributed by atoms with van der Waals surface area (Å²) in [5.74, 6) is 0.987. The summed E-state index contributed by atoms with van der Waals surface area (Å²) in [6, 6.07) is 1.78. The molecule has 144 valence electrons. The monoisotopic (exact) mass is 370 g/mol. The first-order valence-electron chi connectivity index (χ1n) is 9.29. The van der Waals surface area contributed by atoms with Gasteiger partial charge in [-0.1, -0.05) is 0 Å². The Morgan fingerprint density at radius 3 is 2.67 bits per heavy atom.